The number of benzene rings is 1. The Balaban J connectivity index is 1.90. The predicted octanol–water partition coefficient (Wildman–Crippen LogP) is 2.29. The summed E-state index contributed by atoms with van der Waals surface area (Å²) in [5.41, 5.74) is -0.585. The van der Waals surface area contributed by atoms with Crippen molar-refractivity contribution in [2.24, 2.45) is 0 Å². The van der Waals surface area contributed by atoms with Crippen molar-refractivity contribution in [3.05, 3.63) is 35.9 Å². The molecule has 1 aromatic rings. The summed E-state index contributed by atoms with van der Waals surface area (Å²) in [5, 5.41) is 13.6. The number of hydrogen-bond donors (Lipinski definition) is 2. The van der Waals surface area contributed by atoms with Gasteiger partial charge in [0, 0.05) is 25.2 Å². The SMILES string of the molecule is CC1CN(C(C)(C)CNC(=O)CC(C)(O)c2ccccc2)CC(C)O1. The fourth-order valence-electron chi connectivity index (χ4n) is 3.37. The highest BCUT2D eigenvalue weighted by Crippen LogP contribution is 2.24. The molecular weight excluding hydrogens is 316 g/mol. The Morgan fingerprint density at radius 2 is 1.76 bits per heavy atom. The van der Waals surface area contributed by atoms with Crippen LogP contribution >= 0.6 is 0 Å². The number of ether oxygens (including phenoxy) is 1. The van der Waals surface area contributed by atoms with E-state index in [0.29, 0.717) is 6.54 Å². The molecule has 0 saturated carbocycles. The third-order valence-corrected chi connectivity index (χ3v) is 4.89. The highest BCUT2D eigenvalue weighted by atomic mass is 16.5. The van der Waals surface area contributed by atoms with Crippen LogP contribution in [0.2, 0.25) is 0 Å². The maximum Gasteiger partial charge on any atom is 0.223 e. The molecule has 5 nitrogen and oxygen atoms in total. The van der Waals surface area contributed by atoms with Crippen molar-refractivity contribution in [1.82, 2.24) is 10.2 Å². The molecule has 25 heavy (non-hydrogen) atoms. The molecule has 0 radical (unpaired) electrons. The van der Waals surface area contributed by atoms with Crippen molar-refractivity contribution in [3.63, 3.8) is 0 Å². The van der Waals surface area contributed by atoms with Crippen LogP contribution in [0.4, 0.5) is 0 Å². The molecule has 1 saturated heterocycles. The monoisotopic (exact) mass is 348 g/mol. The first-order chi connectivity index (χ1) is 11.6. The van der Waals surface area contributed by atoms with Crippen molar-refractivity contribution >= 4 is 5.91 Å². The average Bonchev–Trinajstić information content (AvgIpc) is 2.53. The first kappa shape index (κ1) is 19.9. The van der Waals surface area contributed by atoms with Crippen LogP contribution in [0.15, 0.2) is 30.3 Å². The van der Waals surface area contributed by atoms with Crippen molar-refractivity contribution in [2.45, 2.75) is 64.4 Å². The van der Waals surface area contributed by atoms with Gasteiger partial charge < -0.3 is 15.2 Å². The second-order valence-corrected chi connectivity index (χ2v) is 8.07. The molecule has 0 bridgehead atoms. The first-order valence-corrected chi connectivity index (χ1v) is 9.05. The summed E-state index contributed by atoms with van der Waals surface area (Å²) in [6.07, 6.45) is 0.429. The van der Waals surface area contributed by atoms with Crippen molar-refractivity contribution in [1.29, 1.82) is 0 Å². The first-order valence-electron chi connectivity index (χ1n) is 9.05. The van der Waals surface area contributed by atoms with E-state index in [1.807, 2.05) is 30.3 Å². The molecule has 1 aliphatic rings. The van der Waals surface area contributed by atoms with Gasteiger partial charge in [0.15, 0.2) is 0 Å². The predicted molar refractivity (Wildman–Crippen MR) is 99.3 cm³/mol. The van der Waals surface area contributed by atoms with Crippen LogP contribution in [0.1, 0.15) is 46.6 Å². The van der Waals surface area contributed by atoms with Gasteiger partial charge in [-0.1, -0.05) is 30.3 Å². The van der Waals surface area contributed by atoms with E-state index in [4.69, 9.17) is 4.74 Å². The van der Waals surface area contributed by atoms with E-state index < -0.39 is 5.60 Å². The minimum atomic E-state index is -1.17. The van der Waals surface area contributed by atoms with E-state index in [0.717, 1.165) is 18.7 Å². The molecule has 1 aliphatic heterocycles. The van der Waals surface area contributed by atoms with Crippen LogP contribution < -0.4 is 5.32 Å². The van der Waals surface area contributed by atoms with E-state index in [2.05, 4.69) is 37.9 Å². The minimum Gasteiger partial charge on any atom is -0.385 e. The molecule has 0 spiro atoms. The molecule has 1 heterocycles. The number of aliphatic hydroxyl groups is 1. The number of morpholine rings is 1. The second kappa shape index (κ2) is 7.85. The van der Waals surface area contributed by atoms with Gasteiger partial charge in [0.1, 0.15) is 0 Å². The van der Waals surface area contributed by atoms with Crippen molar-refractivity contribution < 1.29 is 14.6 Å². The minimum absolute atomic E-state index is 0.0447. The molecule has 1 aromatic carbocycles. The number of hydrogen-bond acceptors (Lipinski definition) is 4. The third kappa shape index (κ3) is 5.53. The third-order valence-electron chi connectivity index (χ3n) is 4.89. The Labute approximate surface area is 151 Å². The lowest BCUT2D eigenvalue weighted by atomic mass is 9.92. The molecule has 3 unspecified atom stereocenters. The molecule has 1 fully saturated rings. The van der Waals surface area contributed by atoms with Gasteiger partial charge in [0.05, 0.1) is 24.2 Å². The summed E-state index contributed by atoms with van der Waals surface area (Å²) in [6, 6.07) is 9.31. The second-order valence-electron chi connectivity index (χ2n) is 8.07. The zero-order chi connectivity index (χ0) is 18.7. The van der Waals surface area contributed by atoms with Crippen LogP contribution in [-0.2, 0) is 15.1 Å². The van der Waals surface area contributed by atoms with Crippen molar-refractivity contribution in [3.8, 4) is 0 Å². The zero-order valence-corrected chi connectivity index (χ0v) is 16.1. The van der Waals surface area contributed by atoms with Gasteiger partial charge in [0.2, 0.25) is 5.91 Å². The quantitative estimate of drug-likeness (QED) is 0.828. The van der Waals surface area contributed by atoms with Gasteiger partial charge in [-0.2, -0.15) is 0 Å². The van der Waals surface area contributed by atoms with Crippen LogP contribution in [0, 0.1) is 0 Å². The molecule has 2 rings (SSSR count). The average molecular weight is 348 g/mol. The lowest BCUT2D eigenvalue weighted by Crippen LogP contribution is -2.58. The topological polar surface area (TPSA) is 61.8 Å². The normalized spacial score (nSPS) is 24.6. The highest BCUT2D eigenvalue weighted by molar-refractivity contribution is 5.77. The van der Waals surface area contributed by atoms with Gasteiger partial charge in [-0.25, -0.2) is 0 Å². The maximum absolute atomic E-state index is 12.4. The van der Waals surface area contributed by atoms with Crippen LogP contribution in [0.3, 0.4) is 0 Å². The van der Waals surface area contributed by atoms with Gasteiger partial charge in [-0.15, -0.1) is 0 Å². The molecule has 5 heteroatoms. The number of amides is 1. The van der Waals surface area contributed by atoms with E-state index >= 15 is 0 Å². The number of carbonyl (C=O) groups is 1. The Morgan fingerprint density at radius 3 is 2.32 bits per heavy atom. The van der Waals surface area contributed by atoms with E-state index in [9.17, 15) is 9.90 Å². The Morgan fingerprint density at radius 1 is 1.20 bits per heavy atom. The summed E-state index contributed by atoms with van der Waals surface area (Å²) in [6.45, 7) is 12.3. The fraction of sp³-hybridized carbons (Fsp3) is 0.650. The number of carbonyl (C=O) groups excluding carboxylic acids is 1. The Bertz CT molecular complexity index is 562. The summed E-state index contributed by atoms with van der Waals surface area (Å²) in [7, 11) is 0. The number of nitrogens with zero attached hydrogens (tertiary/aromatic N) is 1. The van der Waals surface area contributed by atoms with Gasteiger partial charge in [-0.3, -0.25) is 9.69 Å². The smallest absolute Gasteiger partial charge is 0.223 e. The molecule has 1 amide bonds. The molecule has 3 atom stereocenters. The summed E-state index contributed by atoms with van der Waals surface area (Å²) < 4.78 is 5.79. The summed E-state index contributed by atoms with van der Waals surface area (Å²) >= 11 is 0. The number of rotatable bonds is 6. The molecule has 0 aromatic heterocycles. The summed E-state index contributed by atoms with van der Waals surface area (Å²) in [4.78, 5) is 14.7. The van der Waals surface area contributed by atoms with E-state index in [-0.39, 0.29) is 30.1 Å². The molecule has 140 valence electrons. The summed E-state index contributed by atoms with van der Waals surface area (Å²) in [5.74, 6) is -0.142. The number of nitrogens with one attached hydrogen (secondary N) is 1. The van der Waals surface area contributed by atoms with Crippen LogP contribution in [0.25, 0.3) is 0 Å². The van der Waals surface area contributed by atoms with E-state index in [1.54, 1.807) is 6.92 Å². The molecule has 0 aliphatic carbocycles. The van der Waals surface area contributed by atoms with E-state index in [1.165, 1.54) is 0 Å². The fourth-order valence-corrected chi connectivity index (χ4v) is 3.37. The van der Waals surface area contributed by atoms with Crippen LogP contribution in [-0.4, -0.2) is 53.3 Å². The van der Waals surface area contributed by atoms with Gasteiger partial charge >= 0.3 is 0 Å². The lowest BCUT2D eigenvalue weighted by molar-refractivity contribution is -0.127. The van der Waals surface area contributed by atoms with Crippen LogP contribution in [0.5, 0.6) is 0 Å². The Hall–Kier alpha value is -1.43. The largest absolute Gasteiger partial charge is 0.385 e. The molecule has 2 N–H and O–H groups in total. The van der Waals surface area contributed by atoms with Crippen molar-refractivity contribution in [2.75, 3.05) is 19.6 Å². The highest BCUT2D eigenvalue weighted by Gasteiger charge is 2.34. The van der Waals surface area contributed by atoms with Gasteiger partial charge in [0.25, 0.3) is 0 Å². The Kier molecular flexibility index (Phi) is 6.25. The lowest BCUT2D eigenvalue weighted by Gasteiger charge is -2.45. The standard InChI is InChI=1S/C20H32N2O3/c1-15-12-22(13-16(2)25-15)19(3,4)14-21-18(23)11-20(5,24)17-9-7-6-8-10-17/h6-10,15-16,24H,11-14H2,1-5H3,(H,21,23). The van der Waals surface area contributed by atoms with Gasteiger partial charge in [-0.05, 0) is 40.2 Å². The zero-order valence-electron chi connectivity index (χ0n) is 16.1. The molecular formula is C20H32N2O3. The maximum atomic E-state index is 12.4.